The number of esters is 1. The molecule has 2 aliphatic carbocycles. The number of carbonyl (C=O) groups is 1. The van der Waals surface area contributed by atoms with E-state index in [2.05, 4.69) is 6.92 Å². The molecule has 0 aromatic heterocycles. The molecule has 8 heteroatoms. The first-order valence-electron chi connectivity index (χ1n) is 7.43. The molecule has 2 fully saturated rings. The molecule has 2 aliphatic rings. The van der Waals surface area contributed by atoms with Gasteiger partial charge in [-0.25, -0.2) is 4.79 Å². The summed E-state index contributed by atoms with van der Waals surface area (Å²) in [4.78, 5) is 32.5. The lowest BCUT2D eigenvalue weighted by Gasteiger charge is -2.30. The van der Waals surface area contributed by atoms with Crippen LogP contribution in [0.2, 0.25) is 0 Å². The molecule has 8 nitrogen and oxygen atoms in total. The van der Waals surface area contributed by atoms with E-state index in [1.807, 2.05) is 0 Å². The molecular weight excluding hydrogens is 304 g/mol. The van der Waals surface area contributed by atoms with Gasteiger partial charge in [0.25, 0.3) is 11.4 Å². The average molecular weight is 320 g/mol. The third kappa shape index (κ3) is 2.76. The van der Waals surface area contributed by atoms with Crippen molar-refractivity contribution < 1.29 is 19.4 Å². The minimum absolute atomic E-state index is 0.0486. The third-order valence-corrected chi connectivity index (χ3v) is 5.01. The molecule has 0 N–H and O–H groups in total. The molecule has 0 heterocycles. The van der Waals surface area contributed by atoms with E-state index in [1.165, 1.54) is 0 Å². The summed E-state index contributed by atoms with van der Waals surface area (Å²) in [7, 11) is 0. The summed E-state index contributed by atoms with van der Waals surface area (Å²) in [5, 5.41) is 21.8. The number of ether oxygens (including phenoxy) is 1. The monoisotopic (exact) mass is 320 g/mol. The smallest absolute Gasteiger partial charge is 0.338 e. The normalized spacial score (nSPS) is 28.6. The number of non-ortho nitro benzene ring substituents is 2. The van der Waals surface area contributed by atoms with Crippen LogP contribution in [0, 0.1) is 31.6 Å². The first-order valence-corrected chi connectivity index (χ1v) is 7.43. The van der Waals surface area contributed by atoms with Gasteiger partial charge in [0.1, 0.15) is 6.10 Å². The van der Waals surface area contributed by atoms with Gasteiger partial charge in [-0.15, -0.1) is 0 Å². The summed E-state index contributed by atoms with van der Waals surface area (Å²) in [5.74, 6) is -0.187. The van der Waals surface area contributed by atoms with Crippen LogP contribution in [0.4, 0.5) is 11.4 Å². The van der Waals surface area contributed by atoms with Crippen molar-refractivity contribution in [1.29, 1.82) is 0 Å². The molecule has 1 aromatic rings. The number of fused-ring (bicyclic) bond motifs is 2. The Morgan fingerprint density at radius 2 is 1.83 bits per heavy atom. The topological polar surface area (TPSA) is 113 Å². The highest BCUT2D eigenvalue weighted by Crippen LogP contribution is 2.55. The largest absolute Gasteiger partial charge is 0.458 e. The zero-order valence-corrected chi connectivity index (χ0v) is 12.6. The van der Waals surface area contributed by atoms with Gasteiger partial charge in [-0.3, -0.25) is 20.2 Å². The number of rotatable bonds is 4. The predicted octanol–water partition coefficient (Wildman–Crippen LogP) is 3.24. The Balaban J connectivity index is 1.84. The zero-order valence-electron chi connectivity index (χ0n) is 12.6. The minimum atomic E-state index is -0.761. The second-order valence-electron chi connectivity index (χ2n) is 6.64. The molecule has 0 aliphatic heterocycles. The van der Waals surface area contributed by atoms with Crippen molar-refractivity contribution in [2.75, 3.05) is 0 Å². The summed E-state index contributed by atoms with van der Waals surface area (Å²) in [6.45, 7) is 2.08. The van der Waals surface area contributed by atoms with Crippen molar-refractivity contribution in [3.63, 3.8) is 0 Å². The maximum Gasteiger partial charge on any atom is 0.338 e. The van der Waals surface area contributed by atoms with E-state index in [0.717, 1.165) is 43.9 Å². The first-order chi connectivity index (χ1) is 10.8. The molecule has 122 valence electrons. The van der Waals surface area contributed by atoms with Crippen LogP contribution in [0.5, 0.6) is 0 Å². The molecule has 0 spiro atoms. The van der Waals surface area contributed by atoms with Gasteiger partial charge >= 0.3 is 5.97 Å². The summed E-state index contributed by atoms with van der Waals surface area (Å²) in [5.41, 5.74) is -1.19. The van der Waals surface area contributed by atoms with E-state index in [-0.39, 0.29) is 17.1 Å². The first kappa shape index (κ1) is 15.4. The molecule has 0 saturated heterocycles. The lowest BCUT2D eigenvalue weighted by molar-refractivity contribution is -0.394. The molecule has 23 heavy (non-hydrogen) atoms. The highest BCUT2D eigenvalue weighted by molar-refractivity contribution is 5.91. The van der Waals surface area contributed by atoms with Crippen LogP contribution < -0.4 is 0 Å². The molecular formula is C15H16N2O6. The van der Waals surface area contributed by atoms with E-state index in [0.29, 0.717) is 5.92 Å². The Labute approximate surface area is 131 Å². The van der Waals surface area contributed by atoms with Crippen LogP contribution in [0.15, 0.2) is 18.2 Å². The predicted molar refractivity (Wildman–Crippen MR) is 79.0 cm³/mol. The molecule has 1 aromatic carbocycles. The van der Waals surface area contributed by atoms with Gasteiger partial charge in [0, 0.05) is 17.5 Å². The van der Waals surface area contributed by atoms with Crippen molar-refractivity contribution in [1.82, 2.24) is 0 Å². The standard InChI is InChI=1S/C15H16N2O6/c1-15-3-2-9(8-15)4-13(15)23-14(18)10-5-11(16(19)20)7-12(6-10)17(21)22/h5-7,9,13H,2-4,8H2,1H3/t9-,13-,15-/m0/s1. The zero-order chi connectivity index (χ0) is 16.8. The summed E-state index contributed by atoms with van der Waals surface area (Å²) in [6, 6.07) is 2.87. The number of carbonyl (C=O) groups excluding carboxylic acids is 1. The Kier molecular flexibility index (Phi) is 3.54. The van der Waals surface area contributed by atoms with Crippen LogP contribution in [0.3, 0.4) is 0 Å². The van der Waals surface area contributed by atoms with E-state index < -0.39 is 27.2 Å². The van der Waals surface area contributed by atoms with Crippen LogP contribution in [-0.2, 0) is 4.74 Å². The average Bonchev–Trinajstić information content (AvgIpc) is 3.01. The third-order valence-electron chi connectivity index (χ3n) is 5.01. The lowest BCUT2D eigenvalue weighted by Crippen LogP contribution is -2.32. The van der Waals surface area contributed by atoms with Crippen molar-refractivity contribution in [3.8, 4) is 0 Å². The van der Waals surface area contributed by atoms with Gasteiger partial charge < -0.3 is 4.74 Å². The van der Waals surface area contributed by atoms with E-state index in [4.69, 9.17) is 4.74 Å². The molecule has 0 amide bonds. The molecule has 0 unspecified atom stereocenters. The Bertz CT molecular complexity index is 671. The van der Waals surface area contributed by atoms with Gasteiger partial charge in [0.2, 0.25) is 0 Å². The highest BCUT2D eigenvalue weighted by atomic mass is 16.6. The quantitative estimate of drug-likeness (QED) is 0.478. The van der Waals surface area contributed by atoms with Crippen LogP contribution in [0.1, 0.15) is 43.0 Å². The number of nitro groups is 2. The molecule has 3 atom stereocenters. The molecule has 2 saturated carbocycles. The number of benzene rings is 1. The molecule has 2 bridgehead atoms. The van der Waals surface area contributed by atoms with Crippen LogP contribution in [-0.4, -0.2) is 21.9 Å². The second-order valence-corrected chi connectivity index (χ2v) is 6.64. The van der Waals surface area contributed by atoms with Crippen molar-refractivity contribution in [2.24, 2.45) is 11.3 Å². The second kappa shape index (κ2) is 5.29. The fourth-order valence-electron chi connectivity index (χ4n) is 3.79. The van der Waals surface area contributed by atoms with Gasteiger partial charge in [-0.1, -0.05) is 6.92 Å². The number of nitro benzene ring substituents is 2. The Morgan fingerprint density at radius 1 is 1.22 bits per heavy atom. The fraction of sp³-hybridized carbons (Fsp3) is 0.533. The van der Waals surface area contributed by atoms with Gasteiger partial charge in [-0.05, 0) is 31.6 Å². The summed E-state index contributed by atoms with van der Waals surface area (Å²) in [6.07, 6.45) is 3.70. The van der Waals surface area contributed by atoms with E-state index in [1.54, 1.807) is 0 Å². The maximum absolute atomic E-state index is 12.3. The number of hydrogen-bond acceptors (Lipinski definition) is 6. The number of nitrogens with zero attached hydrogens (tertiary/aromatic N) is 2. The van der Waals surface area contributed by atoms with Crippen molar-refractivity contribution >= 4 is 17.3 Å². The summed E-state index contributed by atoms with van der Waals surface area (Å²) >= 11 is 0. The van der Waals surface area contributed by atoms with Crippen LogP contribution >= 0.6 is 0 Å². The van der Waals surface area contributed by atoms with Crippen LogP contribution in [0.25, 0.3) is 0 Å². The minimum Gasteiger partial charge on any atom is -0.458 e. The van der Waals surface area contributed by atoms with E-state index in [9.17, 15) is 25.0 Å². The molecule has 0 radical (unpaired) electrons. The fourth-order valence-corrected chi connectivity index (χ4v) is 3.79. The lowest BCUT2D eigenvalue weighted by atomic mass is 9.84. The van der Waals surface area contributed by atoms with Crippen molar-refractivity contribution in [2.45, 2.75) is 38.7 Å². The highest BCUT2D eigenvalue weighted by Gasteiger charge is 2.50. The summed E-state index contributed by atoms with van der Waals surface area (Å²) < 4.78 is 5.52. The maximum atomic E-state index is 12.3. The molecule has 3 rings (SSSR count). The Hall–Kier alpha value is -2.51. The van der Waals surface area contributed by atoms with Gasteiger partial charge in [0.15, 0.2) is 0 Å². The SMILES string of the molecule is C[C@@]12CC[C@@H](C[C@@H]1OC(=O)c1cc([N+](=O)[O-])cc([N+](=O)[O-])c1)C2. The number of hydrogen-bond donors (Lipinski definition) is 0. The van der Waals surface area contributed by atoms with E-state index >= 15 is 0 Å². The Morgan fingerprint density at radius 3 is 2.26 bits per heavy atom. The van der Waals surface area contributed by atoms with Crippen molar-refractivity contribution in [3.05, 3.63) is 44.0 Å². The van der Waals surface area contributed by atoms with Gasteiger partial charge in [0.05, 0.1) is 21.5 Å². The van der Waals surface area contributed by atoms with Gasteiger partial charge in [-0.2, -0.15) is 0 Å².